The Labute approximate surface area is 132 Å². The Bertz CT molecular complexity index is 560. The first-order valence-corrected chi connectivity index (χ1v) is 7.79. The molecule has 1 amide bonds. The maximum Gasteiger partial charge on any atom is 0.412 e. The van der Waals surface area contributed by atoms with Crippen molar-refractivity contribution in [2.24, 2.45) is 0 Å². The van der Waals surface area contributed by atoms with Crippen molar-refractivity contribution in [2.45, 2.75) is 38.9 Å². The lowest BCUT2D eigenvalue weighted by Gasteiger charge is -2.27. The number of ether oxygens (including phenoxy) is 2. The summed E-state index contributed by atoms with van der Waals surface area (Å²) >= 11 is 0.984. The van der Waals surface area contributed by atoms with Crippen molar-refractivity contribution in [1.82, 2.24) is 0 Å². The number of hydrogen-bond acceptors (Lipinski definition) is 6. The van der Waals surface area contributed by atoms with Gasteiger partial charge >= 0.3 is 12.1 Å². The second kappa shape index (κ2) is 6.53. The summed E-state index contributed by atoms with van der Waals surface area (Å²) < 4.78 is 10.5. The van der Waals surface area contributed by atoms with E-state index in [1.807, 2.05) is 0 Å². The highest BCUT2D eigenvalue weighted by Gasteiger charge is 2.22. The summed E-state index contributed by atoms with van der Waals surface area (Å²) in [4.78, 5) is 23.1. The molecule has 0 saturated carbocycles. The van der Waals surface area contributed by atoms with Crippen LogP contribution in [-0.2, 0) is 9.47 Å². The number of thiophene rings is 1. The molecule has 1 fully saturated rings. The van der Waals surface area contributed by atoms with Gasteiger partial charge in [0.1, 0.15) is 15.5 Å². The van der Waals surface area contributed by atoms with Gasteiger partial charge in [0.15, 0.2) is 0 Å². The fraction of sp³-hybridized carbons (Fsp3) is 0.571. The number of carbonyl (C=O) groups excluding carboxylic acids is 1. The second-order valence-electron chi connectivity index (χ2n) is 5.95. The molecular weight excluding hydrogens is 308 g/mol. The lowest BCUT2D eigenvalue weighted by Crippen LogP contribution is -2.33. The average molecular weight is 328 g/mol. The fourth-order valence-electron chi connectivity index (χ4n) is 1.79. The van der Waals surface area contributed by atoms with E-state index < -0.39 is 17.7 Å². The van der Waals surface area contributed by atoms with Gasteiger partial charge in [0.25, 0.3) is 0 Å². The molecule has 1 aromatic heterocycles. The zero-order valence-electron chi connectivity index (χ0n) is 12.8. The van der Waals surface area contributed by atoms with E-state index >= 15 is 0 Å². The summed E-state index contributed by atoms with van der Waals surface area (Å²) in [7, 11) is 0. The van der Waals surface area contributed by atoms with Gasteiger partial charge < -0.3 is 19.9 Å². The molecule has 0 unspecified atom stereocenters. The molecule has 0 radical (unpaired) electrons. The number of hydrogen-bond donors (Lipinski definition) is 3. The molecule has 1 aromatic rings. The van der Waals surface area contributed by atoms with Crippen LogP contribution in [0.2, 0.25) is 0 Å². The first-order valence-electron chi connectivity index (χ1n) is 6.97. The molecule has 0 bridgehead atoms. The van der Waals surface area contributed by atoms with Gasteiger partial charge in [-0.05, 0) is 33.3 Å². The topological polar surface area (TPSA) is 96.9 Å². The lowest BCUT2D eigenvalue weighted by molar-refractivity contribution is -0.0410. The molecule has 0 spiro atoms. The third-order valence-corrected chi connectivity index (χ3v) is 3.91. The zero-order valence-corrected chi connectivity index (χ0v) is 13.6. The van der Waals surface area contributed by atoms with E-state index in [2.05, 4.69) is 10.6 Å². The van der Waals surface area contributed by atoms with Crippen molar-refractivity contribution in [3.8, 4) is 0 Å². The number of rotatable bonds is 5. The first kappa shape index (κ1) is 16.6. The largest absolute Gasteiger partial charge is 0.477 e. The summed E-state index contributed by atoms with van der Waals surface area (Å²) in [5.74, 6) is -1.04. The molecule has 1 aliphatic heterocycles. The van der Waals surface area contributed by atoms with E-state index in [9.17, 15) is 9.59 Å². The van der Waals surface area contributed by atoms with Gasteiger partial charge in [-0.3, -0.25) is 5.32 Å². The average Bonchev–Trinajstić information content (AvgIpc) is 2.68. The summed E-state index contributed by atoms with van der Waals surface area (Å²) in [6, 6.07) is 1.50. The Morgan fingerprint density at radius 2 is 2.18 bits per heavy atom. The maximum atomic E-state index is 11.8. The van der Waals surface area contributed by atoms with Crippen LogP contribution < -0.4 is 10.6 Å². The highest BCUT2D eigenvalue weighted by Crippen LogP contribution is 2.33. The van der Waals surface area contributed by atoms with E-state index in [4.69, 9.17) is 14.6 Å². The number of carboxylic acid groups (broad SMARTS) is 1. The highest BCUT2D eigenvalue weighted by molar-refractivity contribution is 7.18. The predicted octanol–water partition coefficient (Wildman–Crippen LogP) is 2.99. The lowest BCUT2D eigenvalue weighted by atomic mass is 10.2. The Morgan fingerprint density at radius 3 is 2.68 bits per heavy atom. The summed E-state index contributed by atoms with van der Waals surface area (Å²) in [5.41, 5.74) is -0.0617. The first-order chi connectivity index (χ1) is 10.2. The number of amides is 1. The minimum Gasteiger partial charge on any atom is -0.477 e. The molecule has 2 rings (SSSR count). The van der Waals surface area contributed by atoms with Crippen molar-refractivity contribution in [3.63, 3.8) is 0 Å². The second-order valence-corrected chi connectivity index (χ2v) is 7.00. The quantitative estimate of drug-likeness (QED) is 0.769. The fourth-order valence-corrected chi connectivity index (χ4v) is 2.65. The van der Waals surface area contributed by atoms with E-state index in [1.54, 1.807) is 20.8 Å². The van der Waals surface area contributed by atoms with E-state index in [1.165, 1.54) is 6.07 Å². The smallest absolute Gasteiger partial charge is 0.412 e. The van der Waals surface area contributed by atoms with E-state index in [-0.39, 0.29) is 11.0 Å². The number of nitrogens with one attached hydrogen (secondary N) is 2. The van der Waals surface area contributed by atoms with Crippen LogP contribution in [-0.4, -0.2) is 42.0 Å². The Hall–Kier alpha value is -1.80. The van der Waals surface area contributed by atoms with Crippen LogP contribution in [0, 0.1) is 0 Å². The number of carboxylic acids is 1. The summed E-state index contributed by atoms with van der Waals surface area (Å²) in [6.07, 6.45) is 0.481. The molecule has 1 saturated heterocycles. The molecule has 2 heterocycles. The van der Waals surface area contributed by atoms with Gasteiger partial charge in [0.2, 0.25) is 0 Å². The van der Waals surface area contributed by atoms with E-state index in [0.717, 1.165) is 24.4 Å². The molecular formula is C14H20N2O5S. The number of carbonyl (C=O) groups is 2. The van der Waals surface area contributed by atoms with Gasteiger partial charge in [-0.2, -0.15) is 0 Å². The van der Waals surface area contributed by atoms with Gasteiger partial charge in [-0.25, -0.2) is 9.59 Å². The molecule has 0 aromatic carbocycles. The van der Waals surface area contributed by atoms with Gasteiger partial charge in [-0.15, -0.1) is 11.3 Å². The van der Waals surface area contributed by atoms with E-state index in [0.29, 0.717) is 17.2 Å². The minimum atomic E-state index is -1.04. The minimum absolute atomic E-state index is 0.127. The van der Waals surface area contributed by atoms with Crippen LogP contribution in [0.1, 0.15) is 36.9 Å². The maximum absolute atomic E-state index is 11.8. The third kappa shape index (κ3) is 4.60. The van der Waals surface area contributed by atoms with Crippen molar-refractivity contribution >= 4 is 34.1 Å². The van der Waals surface area contributed by atoms with Crippen LogP contribution in [0.4, 0.5) is 15.5 Å². The Morgan fingerprint density at radius 1 is 1.50 bits per heavy atom. The van der Waals surface area contributed by atoms with Crippen LogP contribution in [0.25, 0.3) is 0 Å². The molecule has 3 N–H and O–H groups in total. The Balaban J connectivity index is 2.06. The molecule has 8 heteroatoms. The molecule has 122 valence electrons. The third-order valence-electron chi connectivity index (χ3n) is 2.87. The van der Waals surface area contributed by atoms with Gasteiger partial charge in [-0.1, -0.05) is 0 Å². The highest BCUT2D eigenvalue weighted by atomic mass is 32.1. The standard InChI is InChI=1S/C14H20N2O5S/c1-14(2,3)21-13(19)16-11-9(6-10(22-11)12(17)18)15-7-8-4-5-20-8/h6,8,15H,4-5,7H2,1-3H3,(H,16,19)(H,17,18)/t8-/m0/s1. The predicted molar refractivity (Wildman–Crippen MR) is 84.0 cm³/mol. The zero-order chi connectivity index (χ0) is 16.3. The molecule has 7 nitrogen and oxygen atoms in total. The van der Waals surface area contributed by atoms with Crippen LogP contribution in [0.5, 0.6) is 0 Å². The molecule has 0 aliphatic carbocycles. The van der Waals surface area contributed by atoms with Crippen LogP contribution >= 0.6 is 11.3 Å². The monoisotopic (exact) mass is 328 g/mol. The SMILES string of the molecule is CC(C)(C)OC(=O)Nc1sc(C(=O)O)cc1NC[C@@H]1CCO1. The number of anilines is 2. The normalized spacial score (nSPS) is 17.5. The summed E-state index contributed by atoms with van der Waals surface area (Å²) in [5, 5.41) is 15.2. The Kier molecular flexibility index (Phi) is 4.92. The van der Waals surface area contributed by atoms with Gasteiger partial charge in [0.05, 0.1) is 11.8 Å². The van der Waals surface area contributed by atoms with Crippen molar-refractivity contribution in [1.29, 1.82) is 0 Å². The summed E-state index contributed by atoms with van der Waals surface area (Å²) in [6.45, 7) is 6.60. The van der Waals surface area contributed by atoms with Crippen LogP contribution in [0.3, 0.4) is 0 Å². The van der Waals surface area contributed by atoms with Crippen LogP contribution in [0.15, 0.2) is 6.07 Å². The number of aromatic carboxylic acids is 1. The van der Waals surface area contributed by atoms with Crippen molar-refractivity contribution in [3.05, 3.63) is 10.9 Å². The molecule has 1 atom stereocenters. The van der Waals surface area contributed by atoms with Gasteiger partial charge in [0, 0.05) is 13.2 Å². The van der Waals surface area contributed by atoms with Crippen molar-refractivity contribution in [2.75, 3.05) is 23.8 Å². The van der Waals surface area contributed by atoms with Crippen molar-refractivity contribution < 1.29 is 24.2 Å². The molecule has 22 heavy (non-hydrogen) atoms. The molecule has 1 aliphatic rings.